The Balaban J connectivity index is 1.63. The SMILES string of the molecule is CCCCCCCCCOP(=O)(O)OC[C@@H]1CC[C@H](n2ccc(N)nc2=O)O1. The summed E-state index contributed by atoms with van der Waals surface area (Å²) in [4.78, 5) is 25.3. The van der Waals surface area contributed by atoms with Crippen LogP contribution >= 0.6 is 7.82 Å². The lowest BCUT2D eigenvalue weighted by Crippen LogP contribution is -2.27. The van der Waals surface area contributed by atoms with Gasteiger partial charge in [-0.05, 0) is 25.3 Å². The van der Waals surface area contributed by atoms with Crippen LogP contribution in [0.2, 0.25) is 0 Å². The van der Waals surface area contributed by atoms with Gasteiger partial charge in [0.2, 0.25) is 0 Å². The Hall–Kier alpha value is -1.25. The van der Waals surface area contributed by atoms with Crippen molar-refractivity contribution in [2.45, 2.75) is 77.0 Å². The Morgan fingerprint density at radius 2 is 1.96 bits per heavy atom. The second-order valence-electron chi connectivity index (χ2n) is 7.05. The van der Waals surface area contributed by atoms with Crippen molar-refractivity contribution in [3.63, 3.8) is 0 Å². The maximum Gasteiger partial charge on any atom is 0.472 e. The van der Waals surface area contributed by atoms with Crippen molar-refractivity contribution in [2.24, 2.45) is 0 Å². The highest BCUT2D eigenvalue weighted by Gasteiger charge is 2.30. The first-order valence-electron chi connectivity index (χ1n) is 10.0. The molecule has 1 fully saturated rings. The molecule has 0 amide bonds. The molecular weight excluding hydrogens is 385 g/mol. The molecule has 1 aliphatic heterocycles. The summed E-state index contributed by atoms with van der Waals surface area (Å²) in [6, 6.07) is 1.52. The van der Waals surface area contributed by atoms with Gasteiger partial charge in [-0.25, -0.2) is 9.36 Å². The second kappa shape index (κ2) is 11.7. The molecule has 28 heavy (non-hydrogen) atoms. The number of phosphoric ester groups is 1. The third kappa shape index (κ3) is 8.01. The second-order valence-corrected chi connectivity index (χ2v) is 8.50. The number of anilines is 1. The first-order chi connectivity index (χ1) is 13.4. The average molecular weight is 417 g/mol. The predicted octanol–water partition coefficient (Wildman–Crippen LogP) is 3.39. The van der Waals surface area contributed by atoms with Crippen molar-refractivity contribution >= 4 is 13.6 Å². The molecule has 2 heterocycles. The molecule has 0 bridgehead atoms. The smallest absolute Gasteiger partial charge is 0.383 e. The Morgan fingerprint density at radius 3 is 2.68 bits per heavy atom. The van der Waals surface area contributed by atoms with Gasteiger partial charge in [-0.15, -0.1) is 0 Å². The van der Waals surface area contributed by atoms with Crippen molar-refractivity contribution in [1.29, 1.82) is 0 Å². The van der Waals surface area contributed by atoms with Crippen molar-refractivity contribution in [1.82, 2.24) is 9.55 Å². The van der Waals surface area contributed by atoms with Crippen molar-refractivity contribution in [3.8, 4) is 0 Å². The number of nitrogen functional groups attached to an aromatic ring is 1. The van der Waals surface area contributed by atoms with Crippen LogP contribution in [-0.2, 0) is 18.3 Å². The molecule has 0 spiro atoms. The zero-order chi connectivity index (χ0) is 20.4. The Morgan fingerprint density at radius 1 is 1.25 bits per heavy atom. The van der Waals surface area contributed by atoms with E-state index in [1.54, 1.807) is 0 Å². The summed E-state index contributed by atoms with van der Waals surface area (Å²) in [5, 5.41) is 0. The number of unbranched alkanes of at least 4 members (excludes halogenated alkanes) is 6. The number of nitrogens with zero attached hydrogens (tertiary/aromatic N) is 2. The van der Waals surface area contributed by atoms with Crippen LogP contribution < -0.4 is 11.4 Å². The Kier molecular flexibility index (Phi) is 9.61. The number of phosphoric acid groups is 1. The van der Waals surface area contributed by atoms with E-state index < -0.39 is 25.8 Å². The van der Waals surface area contributed by atoms with Crippen LogP contribution in [0.1, 0.15) is 70.9 Å². The molecule has 9 nitrogen and oxygen atoms in total. The first kappa shape index (κ1) is 23.0. The Bertz CT molecular complexity index is 698. The minimum Gasteiger partial charge on any atom is -0.383 e. The predicted molar refractivity (Wildman–Crippen MR) is 106 cm³/mol. The van der Waals surface area contributed by atoms with E-state index in [4.69, 9.17) is 19.5 Å². The molecule has 0 aromatic carbocycles. The number of rotatable bonds is 13. The Labute approximate surface area is 165 Å². The van der Waals surface area contributed by atoms with Gasteiger partial charge in [0, 0.05) is 6.20 Å². The van der Waals surface area contributed by atoms with Gasteiger partial charge in [0.1, 0.15) is 12.0 Å². The zero-order valence-corrected chi connectivity index (χ0v) is 17.4. The zero-order valence-electron chi connectivity index (χ0n) is 16.5. The number of nitrogens with two attached hydrogens (primary N) is 1. The molecule has 160 valence electrons. The van der Waals surface area contributed by atoms with Gasteiger partial charge in [-0.2, -0.15) is 4.98 Å². The molecule has 3 N–H and O–H groups in total. The standard InChI is InChI=1S/C18H32N3O6P/c1-2-3-4-5-6-7-8-13-25-28(23,24)26-14-15-9-10-17(27-15)21-12-11-16(19)20-18(21)22/h11-12,15,17H,2-10,13-14H2,1H3,(H,23,24)(H2,19,20,22)/t15-,17+/m0/s1. The van der Waals surface area contributed by atoms with Gasteiger partial charge in [0.05, 0.1) is 19.3 Å². The minimum atomic E-state index is -4.10. The molecule has 1 aromatic rings. The lowest BCUT2D eigenvalue weighted by atomic mass is 10.1. The monoisotopic (exact) mass is 417 g/mol. The van der Waals surface area contributed by atoms with Crippen LogP contribution in [0.3, 0.4) is 0 Å². The fourth-order valence-electron chi connectivity index (χ4n) is 3.11. The number of hydrogen-bond acceptors (Lipinski definition) is 7. The first-order valence-corrected chi connectivity index (χ1v) is 11.5. The molecule has 0 saturated carbocycles. The van der Waals surface area contributed by atoms with Crippen molar-refractivity contribution in [2.75, 3.05) is 18.9 Å². The lowest BCUT2D eigenvalue weighted by molar-refractivity contribution is -0.0259. The van der Waals surface area contributed by atoms with Crippen LogP contribution in [-0.4, -0.2) is 33.8 Å². The maximum atomic E-state index is 12.0. The van der Waals surface area contributed by atoms with Gasteiger partial charge in [-0.3, -0.25) is 13.6 Å². The third-order valence-electron chi connectivity index (χ3n) is 4.67. The summed E-state index contributed by atoms with van der Waals surface area (Å²) < 4.78 is 29.1. The average Bonchev–Trinajstić information content (AvgIpc) is 3.11. The molecule has 1 unspecified atom stereocenters. The molecule has 3 atom stereocenters. The fourth-order valence-corrected chi connectivity index (χ4v) is 3.90. The van der Waals surface area contributed by atoms with Crippen LogP contribution in [0.15, 0.2) is 17.1 Å². The molecular formula is C18H32N3O6P. The van der Waals surface area contributed by atoms with Crippen LogP contribution in [0.5, 0.6) is 0 Å². The summed E-state index contributed by atoms with van der Waals surface area (Å²) >= 11 is 0. The van der Waals surface area contributed by atoms with Crippen LogP contribution in [0, 0.1) is 0 Å². The van der Waals surface area contributed by atoms with E-state index in [0.29, 0.717) is 12.8 Å². The maximum absolute atomic E-state index is 12.0. The summed E-state index contributed by atoms with van der Waals surface area (Å²) in [5.41, 5.74) is 4.99. The van der Waals surface area contributed by atoms with E-state index in [1.807, 2.05) is 0 Å². The van der Waals surface area contributed by atoms with E-state index in [-0.39, 0.29) is 19.0 Å². The van der Waals surface area contributed by atoms with Crippen LogP contribution in [0.4, 0.5) is 5.82 Å². The fraction of sp³-hybridized carbons (Fsp3) is 0.778. The summed E-state index contributed by atoms with van der Waals surface area (Å²) in [6.45, 7) is 2.30. The van der Waals surface area contributed by atoms with E-state index in [2.05, 4.69) is 11.9 Å². The third-order valence-corrected chi connectivity index (χ3v) is 5.66. The number of aromatic nitrogens is 2. The minimum absolute atomic E-state index is 0.0710. The van der Waals surface area contributed by atoms with E-state index >= 15 is 0 Å². The molecule has 0 aliphatic carbocycles. The topological polar surface area (TPSA) is 126 Å². The molecule has 1 saturated heterocycles. The molecule has 1 aliphatic rings. The van der Waals surface area contributed by atoms with Gasteiger partial charge in [0.25, 0.3) is 0 Å². The number of hydrogen-bond donors (Lipinski definition) is 2. The lowest BCUT2D eigenvalue weighted by Gasteiger charge is -2.17. The summed E-state index contributed by atoms with van der Waals surface area (Å²) in [5.74, 6) is 0.151. The van der Waals surface area contributed by atoms with E-state index in [0.717, 1.165) is 19.3 Å². The van der Waals surface area contributed by atoms with E-state index in [9.17, 15) is 14.3 Å². The largest absolute Gasteiger partial charge is 0.472 e. The summed E-state index contributed by atoms with van der Waals surface area (Å²) in [6.07, 6.45) is 9.53. The highest BCUT2D eigenvalue weighted by Crippen LogP contribution is 2.44. The van der Waals surface area contributed by atoms with E-state index in [1.165, 1.54) is 42.5 Å². The van der Waals surface area contributed by atoms with Crippen LogP contribution in [0.25, 0.3) is 0 Å². The van der Waals surface area contributed by atoms with Gasteiger partial charge in [-0.1, -0.05) is 45.4 Å². The molecule has 0 radical (unpaired) electrons. The molecule has 2 rings (SSSR count). The normalized spacial score (nSPS) is 21.6. The summed E-state index contributed by atoms with van der Waals surface area (Å²) in [7, 11) is -4.10. The number of ether oxygens (including phenoxy) is 1. The van der Waals surface area contributed by atoms with Gasteiger partial charge < -0.3 is 15.4 Å². The quantitative estimate of drug-likeness (QED) is 0.369. The van der Waals surface area contributed by atoms with Gasteiger partial charge >= 0.3 is 13.5 Å². The van der Waals surface area contributed by atoms with Crippen molar-refractivity contribution < 1.29 is 23.2 Å². The highest BCUT2D eigenvalue weighted by molar-refractivity contribution is 7.47. The molecule has 10 heteroatoms. The highest BCUT2D eigenvalue weighted by atomic mass is 31.2. The van der Waals surface area contributed by atoms with Crippen molar-refractivity contribution in [3.05, 3.63) is 22.7 Å². The van der Waals surface area contributed by atoms with Gasteiger partial charge in [0.15, 0.2) is 0 Å². The molecule has 1 aromatic heterocycles.